The summed E-state index contributed by atoms with van der Waals surface area (Å²) in [5.41, 5.74) is -1.31. The van der Waals surface area contributed by atoms with Crippen molar-refractivity contribution in [3.8, 4) is 0 Å². The molecule has 1 fully saturated rings. The second kappa shape index (κ2) is 5.39. The monoisotopic (exact) mass is 271 g/mol. The maximum absolute atomic E-state index is 12.1. The number of amides is 1. The highest BCUT2D eigenvalue weighted by Crippen LogP contribution is 2.46. The van der Waals surface area contributed by atoms with Gasteiger partial charge >= 0.3 is 12.1 Å². The minimum atomic E-state index is -0.815. The van der Waals surface area contributed by atoms with E-state index in [0.717, 1.165) is 0 Å². The van der Waals surface area contributed by atoms with E-state index in [0.29, 0.717) is 19.4 Å². The number of hydrogen-bond donors (Lipinski definition) is 1. The van der Waals surface area contributed by atoms with E-state index in [1.54, 1.807) is 0 Å². The Kier molecular flexibility index (Phi) is 4.48. The zero-order valence-electron chi connectivity index (χ0n) is 12.5. The molecule has 0 heterocycles. The molecule has 0 unspecified atom stereocenters. The average Bonchev–Trinajstić information content (AvgIpc) is 2.94. The first-order chi connectivity index (χ1) is 8.56. The van der Waals surface area contributed by atoms with Gasteiger partial charge in [-0.15, -0.1) is 0 Å². The van der Waals surface area contributed by atoms with E-state index < -0.39 is 23.1 Å². The molecule has 5 nitrogen and oxygen atoms in total. The number of carbonyl (C=O) groups is 2. The van der Waals surface area contributed by atoms with E-state index in [1.165, 1.54) is 4.90 Å². The normalized spacial score (nSPS) is 17.2. The summed E-state index contributed by atoms with van der Waals surface area (Å²) in [5, 5.41) is 9.22. The summed E-state index contributed by atoms with van der Waals surface area (Å²) in [6.07, 6.45) is 0.855. The molecule has 5 heteroatoms. The van der Waals surface area contributed by atoms with Crippen LogP contribution in [0.5, 0.6) is 0 Å². The number of ether oxygens (including phenoxy) is 1. The lowest BCUT2D eigenvalue weighted by Gasteiger charge is -2.30. The van der Waals surface area contributed by atoms with E-state index in [-0.39, 0.29) is 12.5 Å². The number of carboxylic acid groups (broad SMARTS) is 1. The average molecular weight is 271 g/mol. The summed E-state index contributed by atoms with van der Waals surface area (Å²) in [6.45, 7) is 10.2. The minimum absolute atomic E-state index is 0.245. The molecule has 0 radical (unpaired) electrons. The van der Waals surface area contributed by atoms with Crippen molar-refractivity contribution in [2.45, 2.75) is 53.1 Å². The molecule has 1 saturated carbocycles. The second-order valence-electron chi connectivity index (χ2n) is 6.84. The number of nitrogens with zero attached hydrogens (tertiary/aromatic N) is 1. The van der Waals surface area contributed by atoms with Crippen LogP contribution in [0.3, 0.4) is 0 Å². The van der Waals surface area contributed by atoms with Crippen LogP contribution in [0.25, 0.3) is 0 Å². The third-order valence-electron chi connectivity index (χ3n) is 3.04. The first-order valence-corrected chi connectivity index (χ1v) is 6.77. The lowest BCUT2D eigenvalue weighted by Crippen LogP contribution is -2.43. The molecule has 0 aromatic rings. The molecule has 0 bridgehead atoms. The predicted molar refractivity (Wildman–Crippen MR) is 71.9 cm³/mol. The Bertz CT molecular complexity index is 353. The summed E-state index contributed by atoms with van der Waals surface area (Å²) in [4.78, 5) is 24.9. The van der Waals surface area contributed by atoms with Gasteiger partial charge in [0.25, 0.3) is 0 Å². The number of carboxylic acids is 1. The van der Waals surface area contributed by atoms with Crippen molar-refractivity contribution in [2.75, 3.05) is 13.1 Å². The lowest BCUT2D eigenvalue weighted by molar-refractivity contribution is -0.144. The van der Waals surface area contributed by atoms with Gasteiger partial charge in [-0.25, -0.2) is 4.79 Å². The molecule has 0 spiro atoms. The molecular formula is C14H25NO4. The van der Waals surface area contributed by atoms with Crippen LogP contribution in [0.2, 0.25) is 0 Å². The highest BCUT2D eigenvalue weighted by Gasteiger charge is 2.52. The smallest absolute Gasteiger partial charge is 0.410 e. The van der Waals surface area contributed by atoms with Gasteiger partial charge in [0.05, 0.1) is 5.41 Å². The van der Waals surface area contributed by atoms with Gasteiger partial charge in [-0.3, -0.25) is 4.79 Å². The molecule has 0 aromatic carbocycles. The SMILES string of the molecule is CC(C)CN(CC1(C(=O)O)CC1)C(=O)OC(C)(C)C. The van der Waals surface area contributed by atoms with Crippen molar-refractivity contribution in [1.82, 2.24) is 4.90 Å². The van der Waals surface area contributed by atoms with Gasteiger partial charge in [0.1, 0.15) is 5.60 Å². The molecule has 0 atom stereocenters. The van der Waals surface area contributed by atoms with Gasteiger partial charge in [0.2, 0.25) is 0 Å². The van der Waals surface area contributed by atoms with Gasteiger partial charge < -0.3 is 14.7 Å². The Hall–Kier alpha value is -1.26. The fraction of sp³-hybridized carbons (Fsp3) is 0.857. The van der Waals surface area contributed by atoms with Crippen LogP contribution in [0, 0.1) is 11.3 Å². The van der Waals surface area contributed by atoms with Crippen molar-refractivity contribution in [3.05, 3.63) is 0 Å². The van der Waals surface area contributed by atoms with E-state index in [4.69, 9.17) is 4.74 Å². The summed E-state index contributed by atoms with van der Waals surface area (Å²) in [6, 6.07) is 0. The van der Waals surface area contributed by atoms with Crippen molar-refractivity contribution in [3.63, 3.8) is 0 Å². The third-order valence-corrected chi connectivity index (χ3v) is 3.04. The van der Waals surface area contributed by atoms with E-state index in [2.05, 4.69) is 0 Å². The van der Waals surface area contributed by atoms with Crippen LogP contribution in [-0.2, 0) is 9.53 Å². The molecule has 1 rings (SSSR count). The fourth-order valence-electron chi connectivity index (χ4n) is 1.93. The van der Waals surface area contributed by atoms with Crippen LogP contribution < -0.4 is 0 Å². The maximum Gasteiger partial charge on any atom is 0.410 e. The van der Waals surface area contributed by atoms with E-state index in [9.17, 15) is 14.7 Å². The molecule has 19 heavy (non-hydrogen) atoms. The van der Waals surface area contributed by atoms with Crippen molar-refractivity contribution in [1.29, 1.82) is 0 Å². The van der Waals surface area contributed by atoms with Crippen LogP contribution in [-0.4, -0.2) is 40.8 Å². The second-order valence-corrected chi connectivity index (χ2v) is 6.84. The van der Waals surface area contributed by atoms with Crippen LogP contribution in [0.1, 0.15) is 47.5 Å². The topological polar surface area (TPSA) is 66.8 Å². The van der Waals surface area contributed by atoms with E-state index in [1.807, 2.05) is 34.6 Å². The summed E-state index contributed by atoms with van der Waals surface area (Å²) in [7, 11) is 0. The summed E-state index contributed by atoms with van der Waals surface area (Å²) >= 11 is 0. The van der Waals surface area contributed by atoms with Crippen LogP contribution in [0.15, 0.2) is 0 Å². The first-order valence-electron chi connectivity index (χ1n) is 6.77. The molecule has 110 valence electrons. The molecule has 1 N–H and O–H groups in total. The molecule has 0 aromatic heterocycles. The largest absolute Gasteiger partial charge is 0.481 e. The first kappa shape index (κ1) is 15.8. The Morgan fingerprint density at radius 3 is 2.16 bits per heavy atom. The van der Waals surface area contributed by atoms with Crippen molar-refractivity contribution >= 4 is 12.1 Å². The molecular weight excluding hydrogens is 246 g/mol. The predicted octanol–water partition coefficient (Wildman–Crippen LogP) is 2.74. The van der Waals surface area contributed by atoms with Crippen LogP contribution >= 0.6 is 0 Å². The number of rotatable bonds is 5. The Morgan fingerprint density at radius 2 is 1.84 bits per heavy atom. The Labute approximate surface area is 114 Å². The highest BCUT2D eigenvalue weighted by atomic mass is 16.6. The van der Waals surface area contributed by atoms with Crippen molar-refractivity contribution < 1.29 is 19.4 Å². The maximum atomic E-state index is 12.1. The molecule has 0 saturated heterocycles. The van der Waals surface area contributed by atoms with Gasteiger partial charge in [-0.1, -0.05) is 13.8 Å². The van der Waals surface area contributed by atoms with Gasteiger partial charge in [0, 0.05) is 13.1 Å². The zero-order valence-corrected chi connectivity index (χ0v) is 12.5. The van der Waals surface area contributed by atoms with Gasteiger partial charge in [-0.05, 0) is 39.5 Å². The van der Waals surface area contributed by atoms with E-state index >= 15 is 0 Å². The Balaban J connectivity index is 2.72. The van der Waals surface area contributed by atoms with Gasteiger partial charge in [-0.2, -0.15) is 0 Å². The highest BCUT2D eigenvalue weighted by molar-refractivity contribution is 5.79. The standard InChI is InChI=1S/C14H25NO4/c1-10(2)8-15(12(18)19-13(3,4)5)9-14(6-7-14)11(16)17/h10H,6-9H2,1-5H3,(H,16,17). The molecule has 1 aliphatic carbocycles. The number of carbonyl (C=O) groups excluding carboxylic acids is 1. The molecule has 1 aliphatic rings. The quantitative estimate of drug-likeness (QED) is 0.835. The zero-order chi connectivity index (χ0) is 14.8. The Morgan fingerprint density at radius 1 is 1.32 bits per heavy atom. The molecule has 0 aliphatic heterocycles. The third kappa shape index (κ3) is 4.73. The lowest BCUT2D eigenvalue weighted by atomic mass is 10.1. The number of hydrogen-bond acceptors (Lipinski definition) is 3. The molecule has 1 amide bonds. The van der Waals surface area contributed by atoms with Crippen LogP contribution in [0.4, 0.5) is 4.79 Å². The minimum Gasteiger partial charge on any atom is -0.481 e. The number of aliphatic carboxylic acids is 1. The summed E-state index contributed by atoms with van der Waals surface area (Å²) < 4.78 is 5.35. The van der Waals surface area contributed by atoms with Gasteiger partial charge in [0.15, 0.2) is 0 Å². The van der Waals surface area contributed by atoms with Crippen molar-refractivity contribution in [2.24, 2.45) is 11.3 Å². The summed E-state index contributed by atoms with van der Waals surface area (Å²) in [5.74, 6) is -0.540. The fourth-order valence-corrected chi connectivity index (χ4v) is 1.93.